The highest BCUT2D eigenvalue weighted by Crippen LogP contribution is 2.43. The van der Waals surface area contributed by atoms with Crippen LogP contribution in [0.15, 0.2) is 48.5 Å². The molecule has 2 aromatic carbocycles. The number of aliphatic hydroxyl groups is 1. The van der Waals surface area contributed by atoms with E-state index >= 15 is 0 Å². The highest BCUT2D eigenvalue weighted by Gasteiger charge is 2.34. The van der Waals surface area contributed by atoms with Gasteiger partial charge in [-0.2, -0.15) is 0 Å². The standard InChI is InChI=1S/C19H21NO4/c1-19(2)11-16(21)14-9-6-10-15(17(14)24-19)20-18(22)23-12-13-7-4-3-5-8-13/h3-10,16,21H,11-12H2,1-2H3,(H,20,22). The number of carbonyl (C=O) groups is 1. The molecule has 0 radical (unpaired) electrons. The summed E-state index contributed by atoms with van der Waals surface area (Å²) in [6.07, 6.45) is -0.679. The van der Waals surface area contributed by atoms with Crippen LogP contribution in [0.3, 0.4) is 0 Å². The lowest BCUT2D eigenvalue weighted by Crippen LogP contribution is -2.35. The molecule has 1 aliphatic rings. The number of hydrogen-bond acceptors (Lipinski definition) is 4. The molecule has 0 bridgehead atoms. The first kappa shape index (κ1) is 16.3. The number of rotatable bonds is 3. The first-order chi connectivity index (χ1) is 11.4. The minimum Gasteiger partial charge on any atom is -0.485 e. The van der Waals surface area contributed by atoms with Crippen molar-refractivity contribution in [1.29, 1.82) is 0 Å². The van der Waals surface area contributed by atoms with E-state index in [1.165, 1.54) is 0 Å². The van der Waals surface area contributed by atoms with E-state index in [-0.39, 0.29) is 6.61 Å². The molecule has 0 saturated heterocycles. The predicted molar refractivity (Wildman–Crippen MR) is 91.0 cm³/mol. The van der Waals surface area contributed by atoms with Crippen molar-refractivity contribution in [1.82, 2.24) is 0 Å². The fourth-order valence-electron chi connectivity index (χ4n) is 2.79. The molecule has 24 heavy (non-hydrogen) atoms. The largest absolute Gasteiger partial charge is 0.485 e. The Morgan fingerprint density at radius 1 is 1.25 bits per heavy atom. The van der Waals surface area contributed by atoms with Gasteiger partial charge >= 0.3 is 6.09 Å². The summed E-state index contributed by atoms with van der Waals surface area (Å²) in [5.41, 5.74) is 1.58. The van der Waals surface area contributed by atoms with E-state index < -0.39 is 17.8 Å². The van der Waals surface area contributed by atoms with Crippen molar-refractivity contribution in [2.45, 2.75) is 38.6 Å². The minimum atomic E-state index is -0.620. The monoisotopic (exact) mass is 327 g/mol. The van der Waals surface area contributed by atoms with Crippen LogP contribution in [0.4, 0.5) is 10.5 Å². The van der Waals surface area contributed by atoms with Crippen LogP contribution in [0, 0.1) is 0 Å². The first-order valence-electron chi connectivity index (χ1n) is 7.92. The number of hydrogen-bond donors (Lipinski definition) is 2. The van der Waals surface area contributed by atoms with E-state index in [9.17, 15) is 9.90 Å². The van der Waals surface area contributed by atoms with Gasteiger partial charge in [0.05, 0.1) is 11.8 Å². The van der Waals surface area contributed by atoms with Crippen LogP contribution in [0.5, 0.6) is 5.75 Å². The van der Waals surface area contributed by atoms with E-state index in [4.69, 9.17) is 9.47 Å². The van der Waals surface area contributed by atoms with Crippen LogP contribution in [0.1, 0.15) is 37.5 Å². The number of nitrogens with one attached hydrogen (secondary N) is 1. The van der Waals surface area contributed by atoms with E-state index in [0.717, 1.165) is 5.56 Å². The maximum Gasteiger partial charge on any atom is 0.412 e. The Kier molecular flexibility index (Phi) is 4.44. The number of anilines is 1. The van der Waals surface area contributed by atoms with Gasteiger partial charge in [-0.05, 0) is 25.5 Å². The van der Waals surface area contributed by atoms with Crippen LogP contribution in [0.25, 0.3) is 0 Å². The lowest BCUT2D eigenvalue weighted by atomic mass is 9.91. The second kappa shape index (κ2) is 6.53. The smallest absolute Gasteiger partial charge is 0.412 e. The Bertz CT molecular complexity index is 727. The van der Waals surface area contributed by atoms with Crippen LogP contribution in [-0.2, 0) is 11.3 Å². The van der Waals surface area contributed by atoms with Gasteiger partial charge < -0.3 is 14.6 Å². The van der Waals surface area contributed by atoms with Crippen LogP contribution in [0.2, 0.25) is 0 Å². The van der Waals surface area contributed by atoms with Crippen molar-refractivity contribution >= 4 is 11.8 Å². The number of fused-ring (bicyclic) bond motifs is 1. The molecule has 3 rings (SSSR count). The van der Waals surface area contributed by atoms with E-state index in [0.29, 0.717) is 23.4 Å². The zero-order chi connectivity index (χ0) is 17.2. The van der Waals surface area contributed by atoms with Gasteiger partial charge in [0.15, 0.2) is 0 Å². The average Bonchev–Trinajstić information content (AvgIpc) is 2.54. The lowest BCUT2D eigenvalue weighted by molar-refractivity contribution is 0.0121. The van der Waals surface area contributed by atoms with Crippen molar-refractivity contribution in [2.24, 2.45) is 0 Å². The Morgan fingerprint density at radius 3 is 2.75 bits per heavy atom. The topological polar surface area (TPSA) is 67.8 Å². The highest BCUT2D eigenvalue weighted by atomic mass is 16.5. The summed E-state index contributed by atoms with van der Waals surface area (Å²) in [6.45, 7) is 4.00. The van der Waals surface area contributed by atoms with Crippen molar-refractivity contribution < 1.29 is 19.4 Å². The molecule has 1 aliphatic heterocycles. The van der Waals surface area contributed by atoms with Gasteiger partial charge in [-0.15, -0.1) is 0 Å². The molecule has 0 spiro atoms. The van der Waals surface area contributed by atoms with Crippen molar-refractivity contribution in [3.05, 3.63) is 59.7 Å². The quantitative estimate of drug-likeness (QED) is 0.893. The molecule has 126 valence electrons. The summed E-state index contributed by atoms with van der Waals surface area (Å²) in [7, 11) is 0. The third-order valence-corrected chi connectivity index (χ3v) is 3.92. The third-order valence-electron chi connectivity index (χ3n) is 3.92. The molecule has 5 nitrogen and oxygen atoms in total. The Balaban J connectivity index is 1.72. The number of aliphatic hydroxyl groups excluding tert-OH is 1. The normalized spacial score (nSPS) is 18.2. The maximum absolute atomic E-state index is 12.1. The van der Waals surface area contributed by atoms with Gasteiger partial charge in [0, 0.05) is 12.0 Å². The third kappa shape index (κ3) is 3.68. The molecule has 2 N–H and O–H groups in total. The minimum absolute atomic E-state index is 0.191. The molecule has 5 heteroatoms. The van der Waals surface area contributed by atoms with E-state index in [2.05, 4.69) is 5.32 Å². The summed E-state index contributed by atoms with van der Waals surface area (Å²) in [5.74, 6) is 0.498. The van der Waals surface area contributed by atoms with Crippen molar-refractivity contribution in [3.8, 4) is 5.75 Å². The molecular weight excluding hydrogens is 306 g/mol. The molecule has 0 aliphatic carbocycles. The molecule has 0 aromatic heterocycles. The zero-order valence-electron chi connectivity index (χ0n) is 13.8. The average molecular weight is 327 g/mol. The van der Waals surface area contributed by atoms with Gasteiger partial charge in [-0.1, -0.05) is 42.5 Å². The molecule has 1 atom stereocenters. The fourth-order valence-corrected chi connectivity index (χ4v) is 2.79. The zero-order valence-corrected chi connectivity index (χ0v) is 13.8. The lowest BCUT2D eigenvalue weighted by Gasteiger charge is -2.36. The number of para-hydroxylation sites is 1. The van der Waals surface area contributed by atoms with E-state index in [1.54, 1.807) is 18.2 Å². The Morgan fingerprint density at radius 2 is 2.00 bits per heavy atom. The summed E-state index contributed by atoms with van der Waals surface area (Å²) in [5, 5.41) is 13.0. The van der Waals surface area contributed by atoms with Crippen LogP contribution >= 0.6 is 0 Å². The second-order valence-corrected chi connectivity index (χ2v) is 6.49. The molecule has 0 fully saturated rings. The number of amides is 1. The van der Waals surface area contributed by atoms with Gasteiger partial charge in [0.2, 0.25) is 0 Å². The molecule has 1 unspecified atom stereocenters. The summed E-state index contributed by atoms with van der Waals surface area (Å²) in [4.78, 5) is 12.1. The number of ether oxygens (including phenoxy) is 2. The molecule has 2 aromatic rings. The van der Waals surface area contributed by atoms with Gasteiger partial charge in [-0.3, -0.25) is 5.32 Å². The van der Waals surface area contributed by atoms with Gasteiger partial charge in [-0.25, -0.2) is 4.79 Å². The molecule has 1 amide bonds. The number of carbonyl (C=O) groups excluding carboxylic acids is 1. The molecular formula is C19H21NO4. The van der Waals surface area contributed by atoms with Crippen LogP contribution < -0.4 is 10.1 Å². The van der Waals surface area contributed by atoms with Crippen molar-refractivity contribution in [3.63, 3.8) is 0 Å². The second-order valence-electron chi connectivity index (χ2n) is 6.49. The fraction of sp³-hybridized carbons (Fsp3) is 0.316. The van der Waals surface area contributed by atoms with Gasteiger partial charge in [0.25, 0.3) is 0 Å². The SMILES string of the molecule is CC1(C)CC(O)c2cccc(NC(=O)OCc3ccccc3)c2O1. The summed E-state index contributed by atoms with van der Waals surface area (Å²) in [6, 6.07) is 14.8. The summed E-state index contributed by atoms with van der Waals surface area (Å²) >= 11 is 0. The Labute approximate surface area is 141 Å². The highest BCUT2D eigenvalue weighted by molar-refractivity contribution is 5.87. The molecule has 0 saturated carbocycles. The van der Waals surface area contributed by atoms with Gasteiger partial charge in [0.1, 0.15) is 18.0 Å². The summed E-state index contributed by atoms with van der Waals surface area (Å²) < 4.78 is 11.2. The maximum atomic E-state index is 12.1. The number of benzene rings is 2. The predicted octanol–water partition coefficient (Wildman–Crippen LogP) is 4.03. The Hall–Kier alpha value is -2.53. The first-order valence-corrected chi connectivity index (χ1v) is 7.92. The molecule has 1 heterocycles. The van der Waals surface area contributed by atoms with Crippen LogP contribution in [-0.4, -0.2) is 16.8 Å². The van der Waals surface area contributed by atoms with Crippen molar-refractivity contribution in [2.75, 3.05) is 5.32 Å². The van der Waals surface area contributed by atoms with E-state index in [1.807, 2.05) is 44.2 Å².